The molecular formula is C21H28N2O3. The quantitative estimate of drug-likeness (QED) is 0.734. The molecule has 0 aliphatic heterocycles. The van der Waals surface area contributed by atoms with Gasteiger partial charge in [0, 0.05) is 17.8 Å². The molecule has 140 valence electrons. The molecule has 1 amide bonds. The van der Waals surface area contributed by atoms with Crippen LogP contribution in [-0.2, 0) is 4.79 Å². The monoisotopic (exact) mass is 356 g/mol. The van der Waals surface area contributed by atoms with Crippen LogP contribution in [0.4, 0.5) is 5.69 Å². The minimum Gasteiger partial charge on any atom is -0.490 e. The Hall–Kier alpha value is -2.53. The lowest BCUT2D eigenvalue weighted by atomic mass is 10.1. The van der Waals surface area contributed by atoms with Crippen LogP contribution in [0.5, 0.6) is 11.5 Å². The molecule has 0 bridgehead atoms. The third kappa shape index (κ3) is 5.49. The summed E-state index contributed by atoms with van der Waals surface area (Å²) >= 11 is 0. The third-order valence-corrected chi connectivity index (χ3v) is 4.16. The van der Waals surface area contributed by atoms with Crippen LogP contribution in [0.3, 0.4) is 0 Å². The number of likely N-dealkylation sites (N-methyl/N-ethyl adjacent to an activating group) is 1. The molecular weight excluding hydrogens is 328 g/mol. The van der Waals surface area contributed by atoms with Gasteiger partial charge in [0.15, 0.2) is 11.5 Å². The van der Waals surface area contributed by atoms with Crippen LogP contribution in [0.1, 0.15) is 32.4 Å². The Morgan fingerprint density at radius 3 is 2.35 bits per heavy atom. The molecule has 2 rings (SSSR count). The van der Waals surface area contributed by atoms with Gasteiger partial charge in [-0.05, 0) is 45.5 Å². The van der Waals surface area contributed by atoms with Gasteiger partial charge >= 0.3 is 0 Å². The molecule has 0 aromatic heterocycles. The highest BCUT2D eigenvalue weighted by atomic mass is 16.5. The number of carbonyl (C=O) groups excluding carboxylic acids is 1. The lowest BCUT2D eigenvalue weighted by Crippen LogP contribution is -2.32. The van der Waals surface area contributed by atoms with E-state index in [2.05, 4.69) is 24.4 Å². The average Bonchev–Trinajstić information content (AvgIpc) is 2.64. The van der Waals surface area contributed by atoms with Crippen LogP contribution in [0, 0.1) is 0 Å². The largest absolute Gasteiger partial charge is 0.490 e. The molecule has 1 atom stereocenters. The van der Waals surface area contributed by atoms with Gasteiger partial charge in [0.2, 0.25) is 5.91 Å². The van der Waals surface area contributed by atoms with Crippen molar-refractivity contribution in [1.82, 2.24) is 4.90 Å². The lowest BCUT2D eigenvalue weighted by Gasteiger charge is -2.24. The van der Waals surface area contributed by atoms with Crippen molar-refractivity contribution in [2.45, 2.75) is 26.8 Å². The Balaban J connectivity index is 1.99. The maximum atomic E-state index is 12.4. The molecule has 5 nitrogen and oxygen atoms in total. The second-order valence-corrected chi connectivity index (χ2v) is 6.08. The Kier molecular flexibility index (Phi) is 7.48. The Morgan fingerprint density at radius 2 is 1.69 bits per heavy atom. The molecule has 5 heteroatoms. The maximum absolute atomic E-state index is 12.4. The van der Waals surface area contributed by atoms with Gasteiger partial charge in [0.25, 0.3) is 0 Å². The highest BCUT2D eigenvalue weighted by Gasteiger charge is 2.15. The summed E-state index contributed by atoms with van der Waals surface area (Å²) in [4.78, 5) is 14.4. The number of nitrogens with one attached hydrogen (secondary N) is 1. The number of carbonyl (C=O) groups is 1. The Bertz CT molecular complexity index is 704. The maximum Gasteiger partial charge on any atom is 0.238 e. The highest BCUT2D eigenvalue weighted by molar-refractivity contribution is 5.92. The summed E-state index contributed by atoms with van der Waals surface area (Å²) in [6.45, 7) is 7.33. The molecule has 0 aliphatic rings. The molecule has 26 heavy (non-hydrogen) atoms. The second-order valence-electron chi connectivity index (χ2n) is 6.08. The first-order chi connectivity index (χ1) is 12.5. The number of hydrogen-bond acceptors (Lipinski definition) is 4. The van der Waals surface area contributed by atoms with Crippen molar-refractivity contribution in [1.29, 1.82) is 0 Å². The van der Waals surface area contributed by atoms with E-state index in [1.807, 2.05) is 56.1 Å². The van der Waals surface area contributed by atoms with Gasteiger partial charge in [-0.2, -0.15) is 0 Å². The van der Waals surface area contributed by atoms with Gasteiger partial charge in [-0.25, -0.2) is 0 Å². The fourth-order valence-electron chi connectivity index (χ4n) is 2.68. The first kappa shape index (κ1) is 19.8. The minimum absolute atomic E-state index is 0.0677. The van der Waals surface area contributed by atoms with Crippen molar-refractivity contribution < 1.29 is 14.3 Å². The Morgan fingerprint density at radius 1 is 1.04 bits per heavy atom. The number of nitrogens with zero attached hydrogens (tertiary/aromatic N) is 1. The zero-order valence-corrected chi connectivity index (χ0v) is 16.0. The van der Waals surface area contributed by atoms with Crippen LogP contribution in [0.15, 0.2) is 48.5 Å². The lowest BCUT2D eigenvalue weighted by molar-refractivity contribution is -0.117. The average molecular weight is 356 g/mol. The summed E-state index contributed by atoms with van der Waals surface area (Å²) in [7, 11) is 1.95. The summed E-state index contributed by atoms with van der Waals surface area (Å²) < 4.78 is 11.2. The molecule has 0 saturated heterocycles. The summed E-state index contributed by atoms with van der Waals surface area (Å²) in [6, 6.07) is 15.7. The van der Waals surface area contributed by atoms with E-state index < -0.39 is 0 Å². The number of amides is 1. The molecule has 0 unspecified atom stereocenters. The normalized spacial score (nSPS) is 11.9. The third-order valence-electron chi connectivity index (χ3n) is 4.16. The first-order valence-electron chi connectivity index (χ1n) is 8.99. The summed E-state index contributed by atoms with van der Waals surface area (Å²) in [6.07, 6.45) is 0. The van der Waals surface area contributed by atoms with Gasteiger partial charge in [-0.1, -0.05) is 30.3 Å². The van der Waals surface area contributed by atoms with Crippen molar-refractivity contribution in [2.75, 3.05) is 32.1 Å². The predicted octanol–water partition coefficient (Wildman–Crippen LogP) is 4.12. The van der Waals surface area contributed by atoms with Crippen molar-refractivity contribution in [3.8, 4) is 11.5 Å². The standard InChI is InChI=1S/C21H28N2O3/c1-5-25-19-13-12-18(14-20(19)26-6-2)22-21(24)15-23(4)16(3)17-10-8-7-9-11-17/h7-14,16H,5-6,15H2,1-4H3,(H,22,24)/t16-/m0/s1. The van der Waals surface area contributed by atoms with Crippen molar-refractivity contribution >= 4 is 11.6 Å². The van der Waals surface area contributed by atoms with E-state index in [0.717, 1.165) is 0 Å². The number of hydrogen-bond donors (Lipinski definition) is 1. The number of ether oxygens (including phenoxy) is 2. The van der Waals surface area contributed by atoms with Gasteiger partial charge in [-0.3, -0.25) is 9.69 Å². The van der Waals surface area contributed by atoms with E-state index in [4.69, 9.17) is 9.47 Å². The van der Waals surface area contributed by atoms with E-state index in [0.29, 0.717) is 36.9 Å². The highest BCUT2D eigenvalue weighted by Crippen LogP contribution is 2.30. The van der Waals surface area contributed by atoms with Gasteiger partial charge in [0.1, 0.15) is 0 Å². The van der Waals surface area contributed by atoms with E-state index in [-0.39, 0.29) is 11.9 Å². The molecule has 0 heterocycles. The number of rotatable bonds is 9. The second kappa shape index (κ2) is 9.82. The van der Waals surface area contributed by atoms with Crippen LogP contribution < -0.4 is 14.8 Å². The van der Waals surface area contributed by atoms with Crippen molar-refractivity contribution in [3.05, 3.63) is 54.1 Å². The van der Waals surface area contributed by atoms with Crippen molar-refractivity contribution in [3.63, 3.8) is 0 Å². The minimum atomic E-state index is -0.0677. The SMILES string of the molecule is CCOc1ccc(NC(=O)CN(C)[C@@H](C)c2ccccc2)cc1OCC. The van der Waals surface area contributed by atoms with Crippen LogP contribution in [-0.4, -0.2) is 37.6 Å². The Labute approximate surface area is 155 Å². The number of benzene rings is 2. The first-order valence-corrected chi connectivity index (χ1v) is 8.99. The van der Waals surface area contributed by atoms with E-state index in [1.165, 1.54) is 5.56 Å². The summed E-state index contributed by atoms with van der Waals surface area (Å²) in [5.74, 6) is 1.25. The van der Waals surface area contributed by atoms with Crippen molar-refractivity contribution in [2.24, 2.45) is 0 Å². The molecule has 0 radical (unpaired) electrons. The van der Waals surface area contributed by atoms with Crippen LogP contribution >= 0.6 is 0 Å². The van der Waals surface area contributed by atoms with Gasteiger partial charge < -0.3 is 14.8 Å². The molecule has 0 spiro atoms. The van der Waals surface area contributed by atoms with Crippen LogP contribution in [0.25, 0.3) is 0 Å². The molecule has 0 fully saturated rings. The molecule has 1 N–H and O–H groups in total. The van der Waals surface area contributed by atoms with E-state index >= 15 is 0 Å². The fraction of sp³-hybridized carbons (Fsp3) is 0.381. The zero-order valence-electron chi connectivity index (χ0n) is 16.0. The smallest absolute Gasteiger partial charge is 0.238 e. The summed E-state index contributed by atoms with van der Waals surface area (Å²) in [5, 5.41) is 2.93. The summed E-state index contributed by atoms with van der Waals surface area (Å²) in [5.41, 5.74) is 1.88. The van der Waals surface area contributed by atoms with E-state index in [9.17, 15) is 4.79 Å². The number of anilines is 1. The fourth-order valence-corrected chi connectivity index (χ4v) is 2.68. The molecule has 0 aliphatic carbocycles. The predicted molar refractivity (Wildman–Crippen MR) is 105 cm³/mol. The molecule has 2 aromatic rings. The molecule has 0 saturated carbocycles. The molecule has 2 aromatic carbocycles. The topological polar surface area (TPSA) is 50.8 Å². The van der Waals surface area contributed by atoms with Gasteiger partial charge in [-0.15, -0.1) is 0 Å². The van der Waals surface area contributed by atoms with E-state index in [1.54, 1.807) is 6.07 Å². The van der Waals surface area contributed by atoms with Crippen LogP contribution in [0.2, 0.25) is 0 Å². The van der Waals surface area contributed by atoms with Gasteiger partial charge in [0.05, 0.1) is 19.8 Å². The zero-order chi connectivity index (χ0) is 18.9.